The van der Waals surface area contributed by atoms with Crippen LogP contribution < -0.4 is 9.46 Å². The minimum absolute atomic E-state index is 0.00782. The number of sulfone groups is 1. The van der Waals surface area contributed by atoms with Crippen LogP contribution in [0.25, 0.3) is 0 Å². The molecule has 0 unspecified atom stereocenters. The molecule has 0 saturated carbocycles. The Morgan fingerprint density at radius 2 is 1.43 bits per heavy atom. The van der Waals surface area contributed by atoms with Crippen molar-refractivity contribution in [1.29, 1.82) is 0 Å². The minimum Gasteiger partial charge on any atom is -0.490 e. The molecule has 1 fully saturated rings. The summed E-state index contributed by atoms with van der Waals surface area (Å²) in [5.74, 6) is 0.704. The predicted octanol–water partition coefficient (Wildman–Crippen LogP) is 2.36. The zero-order valence-electron chi connectivity index (χ0n) is 15.8. The molecule has 0 spiro atoms. The van der Waals surface area contributed by atoms with Crippen LogP contribution in [0.3, 0.4) is 0 Å². The molecule has 0 aromatic heterocycles. The predicted molar refractivity (Wildman–Crippen MR) is 108 cm³/mol. The van der Waals surface area contributed by atoms with E-state index < -0.39 is 19.9 Å². The first kappa shape index (κ1) is 20.6. The van der Waals surface area contributed by atoms with Gasteiger partial charge < -0.3 is 9.64 Å². The third-order valence-electron chi connectivity index (χ3n) is 4.64. The largest absolute Gasteiger partial charge is 0.490 e. The van der Waals surface area contributed by atoms with Gasteiger partial charge in [0.15, 0.2) is 9.84 Å². The van der Waals surface area contributed by atoms with Gasteiger partial charge in [-0.1, -0.05) is 0 Å². The molecule has 1 aliphatic heterocycles. The van der Waals surface area contributed by atoms with E-state index in [1.807, 2.05) is 0 Å². The molecule has 1 heterocycles. The number of benzene rings is 2. The molecule has 1 N–H and O–H groups in total. The topological polar surface area (TPSA) is 92.8 Å². The molecule has 1 aliphatic rings. The van der Waals surface area contributed by atoms with Crippen molar-refractivity contribution in [3.8, 4) is 5.75 Å². The van der Waals surface area contributed by atoms with Gasteiger partial charge in [0, 0.05) is 25.0 Å². The zero-order valence-corrected chi connectivity index (χ0v) is 17.5. The number of ether oxygens (including phenoxy) is 1. The van der Waals surface area contributed by atoms with Crippen LogP contribution in [0, 0.1) is 0 Å². The molecule has 152 valence electrons. The molecule has 0 radical (unpaired) electrons. The maximum absolute atomic E-state index is 12.5. The summed E-state index contributed by atoms with van der Waals surface area (Å²) in [5.41, 5.74) is 0.405. The second-order valence-electron chi connectivity index (χ2n) is 6.99. The lowest BCUT2D eigenvalue weighted by atomic mass is 10.1. The highest BCUT2D eigenvalue weighted by Gasteiger charge is 2.19. The molecular weight excluding hydrogens is 400 g/mol. The fourth-order valence-electron chi connectivity index (χ4n) is 2.98. The molecule has 2 aromatic rings. The van der Waals surface area contributed by atoms with Crippen LogP contribution in [0.1, 0.15) is 12.8 Å². The van der Waals surface area contributed by atoms with Crippen LogP contribution in [0.4, 0.5) is 5.69 Å². The smallest absolute Gasteiger partial charge is 0.261 e. The van der Waals surface area contributed by atoms with Crippen LogP contribution in [-0.4, -0.2) is 54.2 Å². The second-order valence-corrected chi connectivity index (χ2v) is 10.7. The summed E-state index contributed by atoms with van der Waals surface area (Å²) < 4.78 is 56.4. The van der Waals surface area contributed by atoms with E-state index >= 15 is 0 Å². The van der Waals surface area contributed by atoms with Crippen LogP contribution in [0.5, 0.6) is 5.75 Å². The average Bonchev–Trinajstić information content (AvgIpc) is 2.64. The number of likely N-dealkylation sites (tertiary alicyclic amines) is 1. The molecule has 28 heavy (non-hydrogen) atoms. The Kier molecular flexibility index (Phi) is 5.97. The number of hydrogen-bond donors (Lipinski definition) is 1. The molecular formula is C19H24N2O5S2. The van der Waals surface area contributed by atoms with Gasteiger partial charge in [0.25, 0.3) is 10.0 Å². The van der Waals surface area contributed by atoms with Crippen molar-refractivity contribution in [1.82, 2.24) is 4.90 Å². The lowest BCUT2D eigenvalue weighted by Gasteiger charge is -2.29. The maximum atomic E-state index is 12.5. The highest BCUT2D eigenvalue weighted by molar-refractivity contribution is 7.92. The van der Waals surface area contributed by atoms with Crippen molar-refractivity contribution in [2.75, 3.05) is 31.1 Å². The number of anilines is 1. The average molecular weight is 425 g/mol. The first-order chi connectivity index (χ1) is 13.1. The van der Waals surface area contributed by atoms with Crippen molar-refractivity contribution in [3.63, 3.8) is 0 Å². The number of hydrogen-bond acceptors (Lipinski definition) is 6. The summed E-state index contributed by atoms with van der Waals surface area (Å²) in [6, 6.07) is 11.9. The summed E-state index contributed by atoms with van der Waals surface area (Å²) in [6.07, 6.45) is 3.18. The number of sulfonamides is 1. The lowest BCUT2D eigenvalue weighted by molar-refractivity contribution is 0.114. The van der Waals surface area contributed by atoms with Gasteiger partial charge in [0.05, 0.1) is 9.79 Å². The number of rotatable bonds is 6. The van der Waals surface area contributed by atoms with Crippen molar-refractivity contribution in [3.05, 3.63) is 48.5 Å². The molecule has 0 aliphatic carbocycles. The molecule has 0 bridgehead atoms. The summed E-state index contributed by atoms with van der Waals surface area (Å²) in [4.78, 5) is 2.33. The Morgan fingerprint density at radius 1 is 0.893 bits per heavy atom. The summed E-state index contributed by atoms with van der Waals surface area (Å²) in [5, 5.41) is 0. The first-order valence-electron chi connectivity index (χ1n) is 8.92. The van der Waals surface area contributed by atoms with Gasteiger partial charge in [-0.15, -0.1) is 0 Å². The molecule has 7 nitrogen and oxygen atoms in total. The Balaban J connectivity index is 1.65. The Morgan fingerprint density at radius 3 is 1.96 bits per heavy atom. The lowest BCUT2D eigenvalue weighted by Crippen LogP contribution is -2.35. The Bertz CT molecular complexity index is 1010. The van der Waals surface area contributed by atoms with Crippen molar-refractivity contribution >= 4 is 25.5 Å². The number of piperidine rings is 1. The van der Waals surface area contributed by atoms with Gasteiger partial charge in [-0.25, -0.2) is 16.8 Å². The van der Waals surface area contributed by atoms with Gasteiger partial charge in [0.1, 0.15) is 11.9 Å². The van der Waals surface area contributed by atoms with E-state index in [1.165, 1.54) is 24.3 Å². The van der Waals surface area contributed by atoms with Gasteiger partial charge >= 0.3 is 0 Å². The summed E-state index contributed by atoms with van der Waals surface area (Å²) in [7, 11) is -5.10. The minimum atomic E-state index is -3.81. The highest BCUT2D eigenvalue weighted by atomic mass is 32.2. The van der Waals surface area contributed by atoms with Gasteiger partial charge in [-0.05, 0) is 68.4 Å². The zero-order chi connectivity index (χ0) is 20.4. The van der Waals surface area contributed by atoms with Crippen molar-refractivity contribution in [2.24, 2.45) is 0 Å². The molecule has 0 atom stereocenters. The summed E-state index contributed by atoms with van der Waals surface area (Å²) in [6.45, 7) is 2.00. The molecule has 2 aromatic carbocycles. The van der Waals surface area contributed by atoms with Crippen LogP contribution in [0.2, 0.25) is 0 Å². The fourth-order valence-corrected chi connectivity index (χ4v) is 4.67. The molecule has 3 rings (SSSR count). The Hall–Kier alpha value is -2.10. The quantitative estimate of drug-likeness (QED) is 0.765. The van der Waals surface area contributed by atoms with E-state index in [4.69, 9.17) is 4.74 Å². The third kappa shape index (κ3) is 5.24. The van der Waals surface area contributed by atoms with E-state index in [0.29, 0.717) is 11.4 Å². The molecule has 1 saturated heterocycles. The Labute approximate surface area is 166 Å². The summed E-state index contributed by atoms with van der Waals surface area (Å²) >= 11 is 0. The van der Waals surface area contributed by atoms with E-state index in [0.717, 1.165) is 32.2 Å². The SMILES string of the molecule is CN1CCC(Oc2ccc(NS(=O)(=O)c3ccc(S(C)(=O)=O)cc3)cc2)CC1. The number of nitrogens with zero attached hydrogens (tertiary/aromatic N) is 1. The monoisotopic (exact) mass is 424 g/mol. The highest BCUT2D eigenvalue weighted by Crippen LogP contribution is 2.23. The normalized spacial score (nSPS) is 16.6. The van der Waals surface area contributed by atoms with Crippen molar-refractivity contribution in [2.45, 2.75) is 28.7 Å². The van der Waals surface area contributed by atoms with Gasteiger partial charge in [0.2, 0.25) is 0 Å². The van der Waals surface area contributed by atoms with Gasteiger partial charge in [-0.2, -0.15) is 0 Å². The second kappa shape index (κ2) is 8.10. The van der Waals surface area contributed by atoms with E-state index in [1.54, 1.807) is 24.3 Å². The first-order valence-corrected chi connectivity index (χ1v) is 12.3. The van der Waals surface area contributed by atoms with Crippen molar-refractivity contribution < 1.29 is 21.6 Å². The molecule has 0 amide bonds. The standard InChI is InChI=1S/C19H24N2O5S2/c1-21-13-11-17(12-14-21)26-16-5-3-15(4-6-16)20-28(24,25)19-9-7-18(8-10-19)27(2,22)23/h3-10,17,20H,11-14H2,1-2H3. The van der Waals surface area contributed by atoms with Gasteiger partial charge in [-0.3, -0.25) is 4.72 Å². The van der Waals surface area contributed by atoms with Crippen LogP contribution in [-0.2, 0) is 19.9 Å². The molecule has 9 heteroatoms. The van der Waals surface area contributed by atoms with Crippen LogP contribution >= 0.6 is 0 Å². The van der Waals surface area contributed by atoms with E-state index in [-0.39, 0.29) is 15.9 Å². The van der Waals surface area contributed by atoms with E-state index in [2.05, 4.69) is 16.7 Å². The van der Waals surface area contributed by atoms with Crippen LogP contribution in [0.15, 0.2) is 58.3 Å². The fraction of sp³-hybridized carbons (Fsp3) is 0.368. The number of nitrogens with one attached hydrogen (secondary N) is 1. The third-order valence-corrected chi connectivity index (χ3v) is 7.16. The van der Waals surface area contributed by atoms with E-state index in [9.17, 15) is 16.8 Å². The maximum Gasteiger partial charge on any atom is 0.261 e.